The molecule has 0 saturated carbocycles. The van der Waals surface area contributed by atoms with Crippen LogP contribution in [0.2, 0.25) is 0 Å². The van der Waals surface area contributed by atoms with Crippen LogP contribution in [0.4, 0.5) is 0 Å². The normalized spacial score (nSPS) is 15.2. The summed E-state index contributed by atoms with van der Waals surface area (Å²) in [6.07, 6.45) is -0.236. The zero-order chi connectivity index (χ0) is 28.8. The van der Waals surface area contributed by atoms with Gasteiger partial charge >= 0.3 is 0 Å². The maximum atomic E-state index is 12.4. The summed E-state index contributed by atoms with van der Waals surface area (Å²) in [6, 6.07) is 0. The minimum absolute atomic E-state index is 0.0870. The predicted molar refractivity (Wildman–Crippen MR) is 156 cm³/mol. The van der Waals surface area contributed by atoms with Crippen molar-refractivity contribution in [3.63, 3.8) is 0 Å². The molecule has 0 aliphatic heterocycles. The number of nitrogens with one attached hydrogen (secondary N) is 2. The standard InChI is InChI=1S/C23H49N5O6S3/c1-6-22(31,32)24-20(29)15-28(16-21(30)25-23(33,34)7-2)11-9-26(12-17(3)35)8-10-27(13-18(4)36)14-19(5)37/h17-19,31-37H,6-16H2,1-5H3,(H,24,29)(H,25,30). The van der Waals surface area contributed by atoms with Crippen LogP contribution in [0.25, 0.3) is 0 Å². The highest BCUT2D eigenvalue weighted by Gasteiger charge is 2.27. The van der Waals surface area contributed by atoms with E-state index in [2.05, 4.69) is 58.3 Å². The van der Waals surface area contributed by atoms with E-state index in [1.54, 1.807) is 0 Å². The fourth-order valence-corrected chi connectivity index (χ4v) is 4.25. The molecule has 0 aliphatic rings. The third kappa shape index (κ3) is 19.4. The monoisotopic (exact) mass is 587 g/mol. The van der Waals surface area contributed by atoms with Crippen molar-refractivity contribution in [3.05, 3.63) is 0 Å². The predicted octanol–water partition coefficient (Wildman–Crippen LogP) is -0.823. The Hall–Kier alpha value is -0.290. The Labute approximate surface area is 238 Å². The van der Waals surface area contributed by atoms with Gasteiger partial charge in [-0.15, -0.1) is 0 Å². The Morgan fingerprint density at radius 3 is 1.27 bits per heavy atom. The Morgan fingerprint density at radius 2 is 0.946 bits per heavy atom. The molecule has 0 fully saturated rings. The number of aliphatic hydroxyl groups is 4. The summed E-state index contributed by atoms with van der Waals surface area (Å²) in [5.74, 6) is -6.08. The lowest BCUT2D eigenvalue weighted by Crippen LogP contribution is -2.55. The highest BCUT2D eigenvalue weighted by Crippen LogP contribution is 2.07. The summed E-state index contributed by atoms with van der Waals surface area (Å²) >= 11 is 13.6. The van der Waals surface area contributed by atoms with Gasteiger partial charge in [0.25, 0.3) is 0 Å². The molecule has 0 aliphatic carbocycles. The van der Waals surface area contributed by atoms with Crippen LogP contribution in [0.5, 0.6) is 0 Å². The molecule has 2 amide bonds. The largest absolute Gasteiger partial charge is 0.349 e. The molecule has 37 heavy (non-hydrogen) atoms. The summed E-state index contributed by atoms with van der Waals surface area (Å²) in [5, 5.41) is 43.8. The number of carbonyl (C=O) groups excluding carboxylic acids is 2. The lowest BCUT2D eigenvalue weighted by atomic mass is 10.3. The average Bonchev–Trinajstić information content (AvgIpc) is 2.73. The van der Waals surface area contributed by atoms with E-state index in [1.807, 2.05) is 20.8 Å². The van der Waals surface area contributed by atoms with Crippen molar-refractivity contribution in [1.29, 1.82) is 0 Å². The number of hydrogen-bond acceptors (Lipinski definition) is 12. The van der Waals surface area contributed by atoms with Crippen molar-refractivity contribution in [2.75, 3.05) is 58.9 Å². The van der Waals surface area contributed by atoms with Crippen LogP contribution in [0.3, 0.4) is 0 Å². The smallest absolute Gasteiger partial charge is 0.246 e. The molecule has 0 aromatic heterocycles. The van der Waals surface area contributed by atoms with Gasteiger partial charge in [-0.25, -0.2) is 0 Å². The summed E-state index contributed by atoms with van der Waals surface area (Å²) in [5.41, 5.74) is 0. The SMILES string of the molecule is CCC(O)(O)NC(=O)CN(CCN(CCN(CC(C)S)CC(C)S)CC(C)S)CC(=O)NC(O)(O)CC. The Balaban J connectivity index is 5.41. The van der Waals surface area contributed by atoms with Crippen molar-refractivity contribution in [2.24, 2.45) is 0 Å². The lowest BCUT2D eigenvalue weighted by molar-refractivity contribution is -0.191. The molecule has 220 valence electrons. The zero-order valence-corrected chi connectivity index (χ0v) is 25.5. The Morgan fingerprint density at radius 1 is 0.649 bits per heavy atom. The van der Waals surface area contributed by atoms with Gasteiger partial charge in [0.05, 0.1) is 13.1 Å². The molecule has 0 aromatic carbocycles. The first-order valence-electron chi connectivity index (χ1n) is 12.7. The second kappa shape index (κ2) is 18.1. The van der Waals surface area contributed by atoms with Crippen LogP contribution in [0, 0.1) is 0 Å². The number of thiol groups is 3. The highest BCUT2D eigenvalue weighted by atomic mass is 32.1. The van der Waals surface area contributed by atoms with E-state index in [0.717, 1.165) is 26.2 Å². The van der Waals surface area contributed by atoms with Crippen LogP contribution < -0.4 is 10.6 Å². The first kappa shape index (κ1) is 36.7. The van der Waals surface area contributed by atoms with Crippen molar-refractivity contribution in [2.45, 2.75) is 75.0 Å². The highest BCUT2D eigenvalue weighted by molar-refractivity contribution is 7.81. The molecule has 6 N–H and O–H groups in total. The maximum Gasteiger partial charge on any atom is 0.246 e. The molecule has 0 radical (unpaired) electrons. The molecule has 0 rings (SSSR count). The van der Waals surface area contributed by atoms with Gasteiger partial charge < -0.3 is 31.1 Å². The summed E-state index contributed by atoms with van der Waals surface area (Å²) < 4.78 is 0. The fraction of sp³-hybridized carbons (Fsp3) is 0.913. The van der Waals surface area contributed by atoms with E-state index in [9.17, 15) is 30.0 Å². The van der Waals surface area contributed by atoms with Gasteiger partial charge in [0, 0.05) is 74.4 Å². The summed E-state index contributed by atoms with van der Waals surface area (Å²) in [7, 11) is 0. The van der Waals surface area contributed by atoms with Crippen molar-refractivity contribution >= 4 is 49.7 Å². The first-order chi connectivity index (χ1) is 17.0. The van der Waals surface area contributed by atoms with E-state index >= 15 is 0 Å². The second-order valence-electron chi connectivity index (χ2n) is 9.75. The molecule has 3 atom stereocenters. The molecule has 3 unspecified atom stereocenters. The number of nitrogens with zero attached hydrogens (tertiary/aromatic N) is 3. The van der Waals surface area contributed by atoms with Gasteiger partial charge in [-0.3, -0.25) is 24.3 Å². The minimum atomic E-state index is -2.36. The zero-order valence-electron chi connectivity index (χ0n) is 22.8. The van der Waals surface area contributed by atoms with Crippen LogP contribution in [-0.4, -0.2) is 133 Å². The summed E-state index contributed by atoms with van der Waals surface area (Å²) in [4.78, 5) is 30.9. The molecule has 0 aromatic rings. The summed E-state index contributed by atoms with van der Waals surface area (Å²) in [6.45, 7) is 13.1. The van der Waals surface area contributed by atoms with Gasteiger partial charge in [-0.1, -0.05) is 34.6 Å². The third-order valence-electron chi connectivity index (χ3n) is 5.43. The van der Waals surface area contributed by atoms with Gasteiger partial charge in [0.1, 0.15) is 0 Å². The lowest BCUT2D eigenvalue weighted by Gasteiger charge is -2.32. The molecule has 11 nitrogen and oxygen atoms in total. The maximum absolute atomic E-state index is 12.4. The average molecular weight is 588 g/mol. The van der Waals surface area contributed by atoms with Crippen molar-refractivity contribution in [1.82, 2.24) is 25.3 Å². The molecular formula is C23H49N5O6S3. The first-order valence-corrected chi connectivity index (χ1v) is 14.3. The van der Waals surface area contributed by atoms with E-state index in [4.69, 9.17) is 0 Å². The quantitative estimate of drug-likeness (QED) is 0.0658. The van der Waals surface area contributed by atoms with E-state index in [1.165, 1.54) is 18.7 Å². The van der Waals surface area contributed by atoms with Crippen LogP contribution >= 0.6 is 37.9 Å². The van der Waals surface area contributed by atoms with Gasteiger partial charge in [0.2, 0.25) is 23.6 Å². The molecule has 0 bridgehead atoms. The molecule has 0 spiro atoms. The van der Waals surface area contributed by atoms with E-state index < -0.39 is 23.6 Å². The molecule has 0 heterocycles. The molecule has 0 saturated heterocycles. The topological polar surface area (TPSA) is 149 Å². The van der Waals surface area contributed by atoms with Crippen LogP contribution in [0.15, 0.2) is 0 Å². The van der Waals surface area contributed by atoms with Gasteiger partial charge in [0.15, 0.2) is 0 Å². The van der Waals surface area contributed by atoms with Crippen LogP contribution in [-0.2, 0) is 9.59 Å². The van der Waals surface area contributed by atoms with Crippen molar-refractivity contribution < 1.29 is 30.0 Å². The molecular weight excluding hydrogens is 538 g/mol. The molecule has 14 heteroatoms. The Kier molecular flexibility index (Phi) is 18.0. The van der Waals surface area contributed by atoms with Crippen molar-refractivity contribution in [3.8, 4) is 0 Å². The minimum Gasteiger partial charge on any atom is -0.349 e. The van der Waals surface area contributed by atoms with E-state index in [0.29, 0.717) is 19.6 Å². The third-order valence-corrected chi connectivity index (χ3v) is 5.92. The Bertz CT molecular complexity index is 629. The fourth-order valence-electron chi connectivity index (χ4n) is 3.56. The second-order valence-corrected chi connectivity index (χ2v) is 12.4. The van der Waals surface area contributed by atoms with Gasteiger partial charge in [-0.2, -0.15) is 37.9 Å². The number of rotatable bonds is 20. The number of amides is 2. The van der Waals surface area contributed by atoms with E-state index in [-0.39, 0.29) is 41.7 Å². The van der Waals surface area contributed by atoms with Gasteiger partial charge in [-0.05, 0) is 0 Å². The number of carbonyl (C=O) groups is 2. The number of hydrogen-bond donors (Lipinski definition) is 9. The van der Waals surface area contributed by atoms with Crippen LogP contribution in [0.1, 0.15) is 47.5 Å².